The Morgan fingerprint density at radius 2 is 1.05 bits per heavy atom. The van der Waals surface area contributed by atoms with Crippen molar-refractivity contribution < 1.29 is 38.2 Å². The minimum absolute atomic E-state index is 0.117. The number of esters is 2. The first-order chi connectivity index (χ1) is 20.6. The number of rotatable bonds is 16. The van der Waals surface area contributed by atoms with Crippen LogP contribution in [0, 0.1) is 5.41 Å². The van der Waals surface area contributed by atoms with Crippen LogP contribution in [0.5, 0.6) is 0 Å². The lowest BCUT2D eigenvalue weighted by atomic mass is 9.96. The van der Waals surface area contributed by atoms with E-state index < -0.39 is 5.41 Å². The Hall–Kier alpha value is -3.18. The van der Waals surface area contributed by atoms with Gasteiger partial charge in [0.25, 0.3) is 0 Å². The van der Waals surface area contributed by atoms with Crippen LogP contribution in [-0.4, -0.2) is 85.0 Å². The van der Waals surface area contributed by atoms with Gasteiger partial charge in [0.1, 0.15) is 0 Å². The van der Waals surface area contributed by atoms with Crippen LogP contribution in [0.3, 0.4) is 0 Å². The molecule has 0 radical (unpaired) electrons. The molecule has 2 saturated heterocycles. The number of likely N-dealkylation sites (tertiary alicyclic amines) is 2. The van der Waals surface area contributed by atoms with Crippen molar-refractivity contribution >= 4 is 35.8 Å². The minimum atomic E-state index is -0.518. The van der Waals surface area contributed by atoms with Gasteiger partial charge < -0.3 is 20.1 Å². The molecule has 6 amide bonds. The SMILES string of the molecule is CC(C)(COC(=O)CCCCCNC(=O)N1CCCCCC1=O)COC(=O)CCCCCNC(=O)N1CCCCCC1=O. The molecule has 12 heteroatoms. The lowest BCUT2D eigenvalue weighted by Gasteiger charge is -2.23. The van der Waals surface area contributed by atoms with E-state index in [1.807, 2.05) is 13.8 Å². The Bertz CT molecular complexity index is 867. The molecule has 2 aliphatic rings. The number of hydrogen-bond donors (Lipinski definition) is 2. The molecule has 0 aliphatic carbocycles. The van der Waals surface area contributed by atoms with Gasteiger partial charge in [-0.25, -0.2) is 9.59 Å². The van der Waals surface area contributed by atoms with E-state index in [1.54, 1.807) is 0 Å². The second kappa shape index (κ2) is 19.9. The molecule has 0 bridgehead atoms. The molecule has 0 aromatic rings. The average molecular weight is 609 g/mol. The van der Waals surface area contributed by atoms with Crippen LogP contribution < -0.4 is 10.6 Å². The number of carbonyl (C=O) groups excluding carboxylic acids is 6. The van der Waals surface area contributed by atoms with E-state index in [1.165, 1.54) is 9.80 Å². The number of imide groups is 2. The molecule has 0 aromatic heterocycles. The van der Waals surface area contributed by atoms with Crippen LogP contribution in [0.1, 0.15) is 117 Å². The molecule has 2 fully saturated rings. The lowest BCUT2D eigenvalue weighted by Crippen LogP contribution is -2.43. The Balaban J connectivity index is 1.46. The molecular weight excluding hydrogens is 556 g/mol. The van der Waals surface area contributed by atoms with Gasteiger partial charge in [-0.15, -0.1) is 0 Å². The van der Waals surface area contributed by atoms with Crippen molar-refractivity contribution in [3.63, 3.8) is 0 Å². The van der Waals surface area contributed by atoms with Crippen molar-refractivity contribution in [2.75, 3.05) is 39.4 Å². The summed E-state index contributed by atoms with van der Waals surface area (Å²) in [5.74, 6) is -0.862. The maximum absolute atomic E-state index is 12.2. The highest BCUT2D eigenvalue weighted by Crippen LogP contribution is 2.18. The molecule has 0 atom stereocenters. The summed E-state index contributed by atoms with van der Waals surface area (Å²) in [6, 6.07) is -0.671. The highest BCUT2D eigenvalue weighted by molar-refractivity contribution is 5.95. The molecule has 2 N–H and O–H groups in total. The molecule has 0 unspecified atom stereocenters. The summed E-state index contributed by atoms with van der Waals surface area (Å²) in [5.41, 5.74) is -0.518. The van der Waals surface area contributed by atoms with Crippen molar-refractivity contribution in [3.8, 4) is 0 Å². The Morgan fingerprint density at radius 3 is 1.47 bits per heavy atom. The van der Waals surface area contributed by atoms with Gasteiger partial charge in [-0.2, -0.15) is 0 Å². The van der Waals surface area contributed by atoms with Crippen LogP contribution in [0.25, 0.3) is 0 Å². The molecule has 0 aromatic carbocycles. The van der Waals surface area contributed by atoms with Gasteiger partial charge in [0, 0.05) is 57.3 Å². The van der Waals surface area contributed by atoms with Crippen molar-refractivity contribution in [1.82, 2.24) is 20.4 Å². The van der Waals surface area contributed by atoms with Crippen LogP contribution in [-0.2, 0) is 28.7 Å². The number of nitrogens with one attached hydrogen (secondary N) is 2. The Labute approximate surface area is 255 Å². The van der Waals surface area contributed by atoms with E-state index in [0.717, 1.165) is 51.4 Å². The fraction of sp³-hybridized carbons (Fsp3) is 0.806. The average Bonchev–Trinajstić information content (AvgIpc) is 3.33. The highest BCUT2D eigenvalue weighted by Gasteiger charge is 2.25. The summed E-state index contributed by atoms with van der Waals surface area (Å²) in [7, 11) is 0. The van der Waals surface area contributed by atoms with Crippen LogP contribution >= 0.6 is 0 Å². The van der Waals surface area contributed by atoms with Gasteiger partial charge in [0.15, 0.2) is 0 Å². The van der Waals surface area contributed by atoms with Crippen LogP contribution in [0.15, 0.2) is 0 Å². The number of nitrogens with zero attached hydrogens (tertiary/aromatic N) is 2. The molecule has 2 aliphatic heterocycles. The zero-order valence-electron chi connectivity index (χ0n) is 26.2. The van der Waals surface area contributed by atoms with E-state index >= 15 is 0 Å². The largest absolute Gasteiger partial charge is 0.465 e. The summed E-state index contributed by atoms with van der Waals surface area (Å²) >= 11 is 0. The Kier molecular flexibility index (Phi) is 16.7. The zero-order chi connectivity index (χ0) is 31.5. The van der Waals surface area contributed by atoms with E-state index in [2.05, 4.69) is 10.6 Å². The molecule has 0 saturated carbocycles. The number of carbonyl (C=O) groups is 6. The normalized spacial score (nSPS) is 16.2. The molecule has 2 heterocycles. The third kappa shape index (κ3) is 15.2. The number of amides is 6. The summed E-state index contributed by atoms with van der Waals surface area (Å²) in [6.07, 6.45) is 10.8. The monoisotopic (exact) mass is 608 g/mol. The van der Waals surface area contributed by atoms with Crippen molar-refractivity contribution in [3.05, 3.63) is 0 Å². The van der Waals surface area contributed by atoms with Crippen molar-refractivity contribution in [1.29, 1.82) is 0 Å². The molecular formula is C31H52N4O8. The smallest absolute Gasteiger partial charge is 0.324 e. The predicted octanol–water partition coefficient (Wildman–Crippen LogP) is 4.44. The second-order valence-corrected chi connectivity index (χ2v) is 12.3. The van der Waals surface area contributed by atoms with Crippen LogP contribution in [0.2, 0.25) is 0 Å². The molecule has 244 valence electrons. The first kappa shape index (κ1) is 36.0. The maximum Gasteiger partial charge on any atom is 0.324 e. The lowest BCUT2D eigenvalue weighted by molar-refractivity contribution is -0.152. The summed E-state index contributed by atoms with van der Waals surface area (Å²) in [4.78, 5) is 75.3. The quantitative estimate of drug-likeness (QED) is 0.193. The number of ether oxygens (including phenoxy) is 2. The van der Waals surface area contributed by atoms with E-state index in [-0.39, 0.29) is 61.9 Å². The van der Waals surface area contributed by atoms with E-state index in [0.29, 0.717) is 64.7 Å². The zero-order valence-corrected chi connectivity index (χ0v) is 26.2. The van der Waals surface area contributed by atoms with Gasteiger partial charge in [0.2, 0.25) is 11.8 Å². The molecule has 0 spiro atoms. The molecule has 43 heavy (non-hydrogen) atoms. The number of urea groups is 2. The standard InChI is InChI=1S/C31H52N4O8/c1-31(2,23-42-27(38)17-9-3-11-19-32-29(40)34-21-13-5-7-15-25(34)36)24-43-28(39)18-10-4-12-20-33-30(41)35-22-14-6-8-16-26(35)37/h3-24H2,1-2H3,(H,32,40)(H,33,41). The van der Waals surface area contributed by atoms with Gasteiger partial charge in [-0.05, 0) is 51.4 Å². The van der Waals surface area contributed by atoms with Gasteiger partial charge in [0.05, 0.1) is 13.2 Å². The number of hydrogen-bond acceptors (Lipinski definition) is 8. The Morgan fingerprint density at radius 1 is 0.628 bits per heavy atom. The topological polar surface area (TPSA) is 151 Å². The third-order valence-corrected chi connectivity index (χ3v) is 7.55. The molecule has 12 nitrogen and oxygen atoms in total. The van der Waals surface area contributed by atoms with E-state index in [4.69, 9.17) is 9.47 Å². The highest BCUT2D eigenvalue weighted by atomic mass is 16.5. The summed E-state index contributed by atoms with van der Waals surface area (Å²) in [6.45, 7) is 5.85. The second-order valence-electron chi connectivity index (χ2n) is 12.3. The number of unbranched alkanes of at least 4 members (excludes halogenated alkanes) is 4. The van der Waals surface area contributed by atoms with Gasteiger partial charge >= 0.3 is 24.0 Å². The van der Waals surface area contributed by atoms with Gasteiger partial charge in [-0.3, -0.25) is 29.0 Å². The van der Waals surface area contributed by atoms with Gasteiger partial charge in [-0.1, -0.05) is 39.5 Å². The fourth-order valence-electron chi connectivity index (χ4n) is 4.86. The first-order valence-corrected chi connectivity index (χ1v) is 16.1. The maximum atomic E-state index is 12.2. The summed E-state index contributed by atoms with van der Waals surface area (Å²) < 4.78 is 10.8. The molecule has 2 rings (SSSR count). The first-order valence-electron chi connectivity index (χ1n) is 16.1. The fourth-order valence-corrected chi connectivity index (χ4v) is 4.86. The minimum Gasteiger partial charge on any atom is -0.465 e. The van der Waals surface area contributed by atoms with Crippen LogP contribution in [0.4, 0.5) is 9.59 Å². The summed E-state index contributed by atoms with van der Waals surface area (Å²) in [5, 5.41) is 5.58. The predicted molar refractivity (Wildman–Crippen MR) is 160 cm³/mol. The van der Waals surface area contributed by atoms with E-state index in [9.17, 15) is 28.8 Å². The third-order valence-electron chi connectivity index (χ3n) is 7.55. The van der Waals surface area contributed by atoms with Crippen molar-refractivity contribution in [2.45, 2.75) is 117 Å². The van der Waals surface area contributed by atoms with Crippen molar-refractivity contribution in [2.24, 2.45) is 5.41 Å².